The molecule has 2 aromatic heterocycles. The highest BCUT2D eigenvalue weighted by atomic mass is 35.5. The largest absolute Gasteiger partial charge is 0.457 e. The maximum Gasteiger partial charge on any atom is 0.289 e. The Balaban J connectivity index is 1.33. The number of halogens is 1. The Bertz CT molecular complexity index is 1610. The van der Waals surface area contributed by atoms with Gasteiger partial charge in [0, 0.05) is 27.9 Å². The molecule has 9 nitrogen and oxygen atoms in total. The van der Waals surface area contributed by atoms with Crippen molar-refractivity contribution in [2.45, 2.75) is 11.3 Å². The molecule has 1 fully saturated rings. The molecule has 4 aromatic rings. The average Bonchev–Trinajstić information content (AvgIpc) is 3.60. The molecule has 0 unspecified atom stereocenters. The second-order valence-electron chi connectivity index (χ2n) is 7.76. The minimum atomic E-state index is -3.75. The molecule has 3 heterocycles. The molecule has 0 aliphatic carbocycles. The number of hydrazine groups is 1. The van der Waals surface area contributed by atoms with Gasteiger partial charge >= 0.3 is 0 Å². The van der Waals surface area contributed by atoms with E-state index in [9.17, 15) is 18.0 Å². The second kappa shape index (κ2) is 9.26. The predicted octanol–water partition coefficient (Wildman–Crippen LogP) is 4.63. The normalized spacial score (nSPS) is 14.9. The van der Waals surface area contributed by atoms with Crippen molar-refractivity contribution in [1.82, 2.24) is 10.4 Å². The first-order valence-corrected chi connectivity index (χ1v) is 13.2. The minimum absolute atomic E-state index is 0.0233. The lowest BCUT2D eigenvalue weighted by Crippen LogP contribution is -2.35. The molecule has 0 saturated carbocycles. The van der Waals surface area contributed by atoms with Crippen molar-refractivity contribution in [2.75, 3.05) is 9.73 Å². The smallest absolute Gasteiger partial charge is 0.289 e. The van der Waals surface area contributed by atoms with Crippen molar-refractivity contribution in [1.29, 1.82) is 0 Å². The third kappa shape index (κ3) is 4.63. The Hall–Kier alpha value is -3.93. The number of benzene rings is 2. The van der Waals surface area contributed by atoms with E-state index in [0.717, 1.165) is 21.9 Å². The molecule has 0 bridgehead atoms. The maximum absolute atomic E-state index is 12.9. The molecule has 2 N–H and O–H groups in total. The molecule has 2 amide bonds. The predicted molar refractivity (Wildman–Crippen MR) is 137 cm³/mol. The molecule has 0 atom stereocenters. The number of aryl methyl sites for hydroxylation is 1. The standard InChI is InChI=1S/C24H17ClN4O5S2/c1-14-2-7-17(12-20(14)25)29-23(31)19(22(30)27-29)13-18-8-9-21(34-18)15-3-5-16(6-4-15)28-36(32,33)24-26-10-11-35-24/h2-13,28H,1H3,(H,27,30)/b19-13+. The number of amides is 2. The highest BCUT2D eigenvalue weighted by Gasteiger charge is 2.35. The Labute approximate surface area is 215 Å². The number of rotatable bonds is 6. The van der Waals surface area contributed by atoms with Gasteiger partial charge in [0.1, 0.15) is 17.1 Å². The van der Waals surface area contributed by atoms with Crippen LogP contribution >= 0.6 is 22.9 Å². The van der Waals surface area contributed by atoms with Crippen molar-refractivity contribution in [3.05, 3.63) is 88.1 Å². The van der Waals surface area contributed by atoms with Crippen molar-refractivity contribution in [3.8, 4) is 11.3 Å². The lowest BCUT2D eigenvalue weighted by molar-refractivity contribution is -0.117. The Morgan fingerprint density at radius 3 is 2.58 bits per heavy atom. The SMILES string of the molecule is Cc1ccc(N2NC(=O)/C(=C\c3ccc(-c4ccc(NS(=O)(=O)c5nccs5)cc4)o3)C2=O)cc1Cl. The van der Waals surface area contributed by atoms with Gasteiger partial charge in [0.2, 0.25) is 4.34 Å². The molecule has 12 heteroatoms. The van der Waals surface area contributed by atoms with Crippen LogP contribution in [0.2, 0.25) is 5.02 Å². The number of hydrogen-bond acceptors (Lipinski definition) is 7. The third-order valence-electron chi connectivity index (χ3n) is 5.28. The molecule has 182 valence electrons. The van der Waals surface area contributed by atoms with Gasteiger partial charge in [-0.3, -0.25) is 19.7 Å². The zero-order valence-electron chi connectivity index (χ0n) is 18.6. The first-order chi connectivity index (χ1) is 17.2. The van der Waals surface area contributed by atoms with E-state index >= 15 is 0 Å². The number of anilines is 2. The topological polar surface area (TPSA) is 122 Å². The first-order valence-electron chi connectivity index (χ1n) is 10.5. The van der Waals surface area contributed by atoms with Crippen molar-refractivity contribution < 1.29 is 22.4 Å². The summed E-state index contributed by atoms with van der Waals surface area (Å²) in [6.07, 6.45) is 2.79. The van der Waals surface area contributed by atoms with Crippen LogP contribution in [0, 0.1) is 6.92 Å². The van der Waals surface area contributed by atoms with Crippen LogP contribution in [0.1, 0.15) is 11.3 Å². The molecule has 0 spiro atoms. The fourth-order valence-corrected chi connectivity index (χ4v) is 5.50. The second-order valence-corrected chi connectivity index (χ2v) is 10.9. The van der Waals surface area contributed by atoms with E-state index in [1.807, 2.05) is 6.92 Å². The van der Waals surface area contributed by atoms with Gasteiger partial charge in [-0.1, -0.05) is 17.7 Å². The molecule has 36 heavy (non-hydrogen) atoms. The van der Waals surface area contributed by atoms with Crippen LogP contribution in [0.25, 0.3) is 17.4 Å². The summed E-state index contributed by atoms with van der Waals surface area (Å²) in [4.78, 5) is 29.1. The summed E-state index contributed by atoms with van der Waals surface area (Å²) >= 11 is 7.17. The van der Waals surface area contributed by atoms with Gasteiger partial charge in [0.15, 0.2) is 0 Å². The summed E-state index contributed by atoms with van der Waals surface area (Å²) in [6.45, 7) is 1.84. The number of sulfonamides is 1. The summed E-state index contributed by atoms with van der Waals surface area (Å²) in [6, 6.07) is 14.9. The van der Waals surface area contributed by atoms with Crippen LogP contribution in [0.15, 0.2) is 80.5 Å². The zero-order chi connectivity index (χ0) is 25.4. The zero-order valence-corrected chi connectivity index (χ0v) is 20.9. The summed E-state index contributed by atoms with van der Waals surface area (Å²) in [5.41, 5.74) is 4.78. The highest BCUT2D eigenvalue weighted by molar-refractivity contribution is 7.94. The number of furan rings is 1. The lowest BCUT2D eigenvalue weighted by atomic mass is 10.1. The fraction of sp³-hybridized carbons (Fsp3) is 0.0417. The van der Waals surface area contributed by atoms with Crippen LogP contribution in [0.3, 0.4) is 0 Å². The molecular weight excluding hydrogens is 524 g/mol. The number of aromatic nitrogens is 1. The van der Waals surface area contributed by atoms with Crippen LogP contribution in [-0.4, -0.2) is 25.2 Å². The van der Waals surface area contributed by atoms with Gasteiger partial charge < -0.3 is 4.42 Å². The summed E-state index contributed by atoms with van der Waals surface area (Å²) in [5.74, 6) is -0.314. The maximum atomic E-state index is 12.9. The van der Waals surface area contributed by atoms with E-state index in [4.69, 9.17) is 16.0 Å². The number of thiazole rings is 1. The number of nitrogens with one attached hydrogen (secondary N) is 2. The van der Waals surface area contributed by atoms with Crippen LogP contribution < -0.4 is 15.2 Å². The van der Waals surface area contributed by atoms with Gasteiger partial charge in [0.05, 0.1) is 5.69 Å². The van der Waals surface area contributed by atoms with E-state index in [1.54, 1.807) is 60.0 Å². The molecule has 1 aliphatic heterocycles. The average molecular weight is 541 g/mol. The van der Waals surface area contributed by atoms with Crippen LogP contribution in [0.4, 0.5) is 11.4 Å². The van der Waals surface area contributed by atoms with Gasteiger partial charge in [-0.25, -0.2) is 9.99 Å². The van der Waals surface area contributed by atoms with Crippen LogP contribution in [0.5, 0.6) is 0 Å². The monoisotopic (exact) mass is 540 g/mol. The quantitative estimate of drug-likeness (QED) is 0.272. The van der Waals surface area contributed by atoms with Gasteiger partial charge in [-0.15, -0.1) is 11.3 Å². The van der Waals surface area contributed by atoms with Crippen molar-refractivity contribution in [2.24, 2.45) is 0 Å². The minimum Gasteiger partial charge on any atom is -0.457 e. The Kier molecular flexibility index (Phi) is 6.12. The molecule has 1 aliphatic rings. The lowest BCUT2D eigenvalue weighted by Gasteiger charge is -2.15. The Morgan fingerprint density at radius 1 is 1.11 bits per heavy atom. The molecule has 0 radical (unpaired) electrons. The van der Waals surface area contributed by atoms with Crippen molar-refractivity contribution in [3.63, 3.8) is 0 Å². The summed E-state index contributed by atoms with van der Waals surface area (Å²) < 4.78 is 32.9. The van der Waals surface area contributed by atoms with E-state index in [0.29, 0.717) is 33.5 Å². The number of nitrogens with zero attached hydrogens (tertiary/aromatic N) is 2. The summed E-state index contributed by atoms with van der Waals surface area (Å²) in [5, 5.41) is 3.19. The van der Waals surface area contributed by atoms with Gasteiger partial charge in [-0.2, -0.15) is 8.42 Å². The summed E-state index contributed by atoms with van der Waals surface area (Å²) in [7, 11) is -3.75. The number of hydrogen-bond donors (Lipinski definition) is 2. The van der Waals surface area contributed by atoms with E-state index < -0.39 is 21.8 Å². The highest BCUT2D eigenvalue weighted by Crippen LogP contribution is 2.29. The first kappa shape index (κ1) is 23.8. The molecule has 5 rings (SSSR count). The Morgan fingerprint density at radius 2 is 1.89 bits per heavy atom. The number of carbonyl (C=O) groups is 2. The van der Waals surface area contributed by atoms with Gasteiger partial charge in [-0.05, 0) is 67.1 Å². The third-order valence-corrected chi connectivity index (χ3v) is 8.27. The fourth-order valence-electron chi connectivity index (χ4n) is 3.43. The molecular formula is C24H17ClN4O5S2. The number of carbonyl (C=O) groups excluding carboxylic acids is 2. The van der Waals surface area contributed by atoms with E-state index in [-0.39, 0.29) is 9.91 Å². The van der Waals surface area contributed by atoms with E-state index in [2.05, 4.69) is 15.1 Å². The van der Waals surface area contributed by atoms with Gasteiger partial charge in [0.25, 0.3) is 21.8 Å². The van der Waals surface area contributed by atoms with Crippen molar-refractivity contribution >= 4 is 62.2 Å². The molecule has 2 aromatic carbocycles. The van der Waals surface area contributed by atoms with Crippen LogP contribution in [-0.2, 0) is 19.6 Å². The molecule has 1 saturated heterocycles. The van der Waals surface area contributed by atoms with E-state index in [1.165, 1.54) is 12.3 Å².